The van der Waals surface area contributed by atoms with Crippen LogP contribution in [0.25, 0.3) is 0 Å². The largest absolute Gasteiger partial charge is 0.508 e. The molecule has 0 aliphatic carbocycles. The van der Waals surface area contributed by atoms with Crippen LogP contribution in [0.1, 0.15) is 72.3 Å². The summed E-state index contributed by atoms with van der Waals surface area (Å²) in [6.07, 6.45) is 2.28. The van der Waals surface area contributed by atoms with Gasteiger partial charge in [-0.25, -0.2) is 4.39 Å². The highest BCUT2D eigenvalue weighted by atomic mass is 19.1. The lowest BCUT2D eigenvalue weighted by atomic mass is 9.73. The van der Waals surface area contributed by atoms with Gasteiger partial charge >= 0.3 is 0 Å². The van der Waals surface area contributed by atoms with Crippen LogP contribution in [0.2, 0.25) is 0 Å². The molecule has 1 aromatic carbocycles. The van der Waals surface area contributed by atoms with Gasteiger partial charge in [0.25, 0.3) is 0 Å². The molecule has 0 radical (unpaired) electrons. The Balaban J connectivity index is 2.77. The predicted octanol–water partition coefficient (Wildman–Crippen LogP) is 5.61. The normalized spacial score (nSPS) is 19.1. The minimum Gasteiger partial charge on any atom is -0.508 e. The third kappa shape index (κ3) is 4.55. The maximum Gasteiger partial charge on any atom is 0.126 e. The topological polar surface area (TPSA) is 52.5 Å². The molecule has 0 spiro atoms. The Kier molecular flexibility index (Phi) is 7.10. The molecule has 1 aliphatic rings. The second kappa shape index (κ2) is 8.92. The first-order valence-electron chi connectivity index (χ1n) is 10.1. The zero-order chi connectivity index (χ0) is 20.3. The Morgan fingerprint density at radius 2 is 1.70 bits per heavy atom. The fourth-order valence-corrected chi connectivity index (χ4v) is 4.02. The van der Waals surface area contributed by atoms with Crippen LogP contribution in [0.15, 0.2) is 40.7 Å². The van der Waals surface area contributed by atoms with Gasteiger partial charge in [0.1, 0.15) is 11.6 Å². The van der Waals surface area contributed by atoms with Crippen molar-refractivity contribution >= 4 is 0 Å². The summed E-state index contributed by atoms with van der Waals surface area (Å²) in [5.41, 5.74) is 4.89. The van der Waals surface area contributed by atoms with Gasteiger partial charge < -0.3 is 15.5 Å². The minimum atomic E-state index is -0.672. The number of phenolic OH excluding ortho intramolecular Hbond substituents is 1. The van der Waals surface area contributed by atoms with Crippen molar-refractivity contribution in [1.82, 2.24) is 5.32 Å². The predicted molar refractivity (Wildman–Crippen MR) is 109 cm³/mol. The standard InChI is InChI=1S/C23H34FNO2/c1-7-8-9-18-21(17-11-10-16(24)12-19(17)27)20(15(6)26)23(14(4)5)25-22(18)13(2)3/h10-15,21,25-27H,7-9H2,1-6H3/t15-,21-/m1/s1. The molecule has 0 bridgehead atoms. The quantitative estimate of drug-likeness (QED) is 0.581. The molecule has 2 rings (SSSR count). The third-order valence-corrected chi connectivity index (χ3v) is 5.29. The van der Waals surface area contributed by atoms with Gasteiger partial charge in [-0.1, -0.05) is 47.1 Å². The number of aliphatic hydroxyl groups excluding tert-OH is 1. The second-order valence-electron chi connectivity index (χ2n) is 8.16. The van der Waals surface area contributed by atoms with E-state index in [4.69, 9.17) is 0 Å². The van der Waals surface area contributed by atoms with Crippen LogP contribution in [-0.2, 0) is 0 Å². The van der Waals surface area contributed by atoms with Crippen LogP contribution < -0.4 is 5.32 Å². The van der Waals surface area contributed by atoms with Gasteiger partial charge in [0.05, 0.1) is 6.10 Å². The lowest BCUT2D eigenvalue weighted by Gasteiger charge is -2.39. The van der Waals surface area contributed by atoms with E-state index in [1.165, 1.54) is 17.7 Å². The lowest BCUT2D eigenvalue weighted by Crippen LogP contribution is -2.34. The molecule has 0 unspecified atom stereocenters. The monoisotopic (exact) mass is 375 g/mol. The van der Waals surface area contributed by atoms with Crippen molar-refractivity contribution in [3.8, 4) is 5.75 Å². The molecular formula is C23H34FNO2. The maximum absolute atomic E-state index is 13.6. The van der Waals surface area contributed by atoms with E-state index in [0.717, 1.165) is 36.2 Å². The van der Waals surface area contributed by atoms with Crippen LogP contribution in [0.4, 0.5) is 4.39 Å². The number of hydrogen-bond acceptors (Lipinski definition) is 3. The average Bonchev–Trinajstić information content (AvgIpc) is 2.58. The molecule has 0 amide bonds. The SMILES string of the molecule is CCCCC1=C(C(C)C)NC(C(C)C)=C([C@@H](C)O)[C@@H]1c1ccc(F)cc1O. The number of benzene rings is 1. The Bertz CT molecular complexity index is 732. The smallest absolute Gasteiger partial charge is 0.126 e. The van der Waals surface area contributed by atoms with E-state index in [1.54, 1.807) is 13.0 Å². The molecule has 1 heterocycles. The van der Waals surface area contributed by atoms with Gasteiger partial charge in [-0.3, -0.25) is 0 Å². The van der Waals surface area contributed by atoms with Gasteiger partial charge in [0, 0.05) is 28.9 Å². The van der Waals surface area contributed by atoms with Crippen molar-refractivity contribution in [2.45, 2.75) is 72.8 Å². The molecule has 1 aliphatic heterocycles. The number of hydrogen-bond donors (Lipinski definition) is 3. The van der Waals surface area contributed by atoms with Crippen molar-refractivity contribution < 1.29 is 14.6 Å². The third-order valence-electron chi connectivity index (χ3n) is 5.29. The van der Waals surface area contributed by atoms with Gasteiger partial charge in [-0.05, 0) is 48.8 Å². The Hall–Kier alpha value is -1.81. The molecule has 0 saturated carbocycles. The number of phenols is 1. The number of unbranched alkanes of at least 4 members (excludes halogenated alkanes) is 1. The van der Waals surface area contributed by atoms with E-state index in [-0.39, 0.29) is 23.5 Å². The van der Waals surface area contributed by atoms with E-state index in [1.807, 2.05) is 0 Å². The molecule has 2 atom stereocenters. The number of allylic oxidation sites excluding steroid dienone is 3. The van der Waals surface area contributed by atoms with Crippen molar-refractivity contribution in [3.63, 3.8) is 0 Å². The highest BCUT2D eigenvalue weighted by Gasteiger charge is 2.36. The van der Waals surface area contributed by atoms with Gasteiger partial charge in [-0.2, -0.15) is 0 Å². The van der Waals surface area contributed by atoms with Gasteiger partial charge in [-0.15, -0.1) is 0 Å². The van der Waals surface area contributed by atoms with Crippen molar-refractivity contribution in [3.05, 3.63) is 52.1 Å². The molecule has 0 fully saturated rings. The van der Waals surface area contributed by atoms with E-state index < -0.39 is 11.9 Å². The Morgan fingerprint density at radius 3 is 2.19 bits per heavy atom. The molecule has 4 heteroatoms. The summed E-state index contributed by atoms with van der Waals surface area (Å²) in [6, 6.07) is 4.21. The highest BCUT2D eigenvalue weighted by Crippen LogP contribution is 2.46. The summed E-state index contributed by atoms with van der Waals surface area (Å²) in [6.45, 7) is 12.4. The molecule has 27 heavy (non-hydrogen) atoms. The molecule has 3 nitrogen and oxygen atoms in total. The maximum atomic E-state index is 13.6. The van der Waals surface area contributed by atoms with Crippen molar-refractivity contribution in [2.24, 2.45) is 11.8 Å². The summed E-state index contributed by atoms with van der Waals surface area (Å²) in [5, 5.41) is 24.8. The molecule has 1 aromatic rings. The highest BCUT2D eigenvalue weighted by molar-refractivity contribution is 5.52. The summed E-state index contributed by atoms with van der Waals surface area (Å²) in [4.78, 5) is 0. The zero-order valence-corrected chi connectivity index (χ0v) is 17.4. The van der Waals surface area contributed by atoms with Crippen LogP contribution in [0, 0.1) is 17.7 Å². The first-order valence-corrected chi connectivity index (χ1v) is 10.1. The Morgan fingerprint density at radius 1 is 1.07 bits per heavy atom. The molecule has 0 saturated heterocycles. The summed E-state index contributed by atoms with van der Waals surface area (Å²) in [5.74, 6) is -0.277. The summed E-state index contributed by atoms with van der Waals surface area (Å²) in [7, 11) is 0. The van der Waals surface area contributed by atoms with Crippen LogP contribution in [0.3, 0.4) is 0 Å². The minimum absolute atomic E-state index is 0.0553. The van der Waals surface area contributed by atoms with E-state index >= 15 is 0 Å². The molecule has 3 N–H and O–H groups in total. The van der Waals surface area contributed by atoms with E-state index in [9.17, 15) is 14.6 Å². The van der Waals surface area contributed by atoms with Crippen molar-refractivity contribution in [1.29, 1.82) is 0 Å². The number of aromatic hydroxyl groups is 1. The number of aliphatic hydroxyl groups is 1. The van der Waals surface area contributed by atoms with E-state index in [0.29, 0.717) is 5.56 Å². The summed E-state index contributed by atoms with van der Waals surface area (Å²) < 4.78 is 13.6. The molecule has 0 aromatic heterocycles. The van der Waals surface area contributed by atoms with Crippen molar-refractivity contribution in [2.75, 3.05) is 0 Å². The Labute approximate surface area is 163 Å². The summed E-state index contributed by atoms with van der Waals surface area (Å²) >= 11 is 0. The second-order valence-corrected chi connectivity index (χ2v) is 8.16. The zero-order valence-electron chi connectivity index (χ0n) is 17.4. The molecular weight excluding hydrogens is 341 g/mol. The van der Waals surface area contributed by atoms with Gasteiger partial charge in [0.15, 0.2) is 0 Å². The molecule has 150 valence electrons. The number of dihydropyridines is 1. The average molecular weight is 376 g/mol. The van der Waals surface area contributed by atoms with E-state index in [2.05, 4.69) is 39.9 Å². The van der Waals surface area contributed by atoms with Crippen LogP contribution in [0.5, 0.6) is 5.75 Å². The number of nitrogens with one attached hydrogen (secondary N) is 1. The first-order chi connectivity index (χ1) is 12.7. The van der Waals surface area contributed by atoms with Crippen LogP contribution in [-0.4, -0.2) is 16.3 Å². The number of rotatable bonds is 7. The fraction of sp³-hybridized carbons (Fsp3) is 0.565. The first kappa shape index (κ1) is 21.5. The number of halogens is 1. The fourth-order valence-electron chi connectivity index (χ4n) is 4.02. The van der Waals surface area contributed by atoms with Gasteiger partial charge in [0.2, 0.25) is 0 Å². The lowest BCUT2D eigenvalue weighted by molar-refractivity contribution is 0.219. The van der Waals surface area contributed by atoms with Crippen LogP contribution >= 0.6 is 0 Å².